The molecule has 0 aliphatic carbocycles. The molecule has 0 spiro atoms. The van der Waals surface area contributed by atoms with Crippen molar-refractivity contribution in [2.45, 2.75) is 13.0 Å². The van der Waals surface area contributed by atoms with Gasteiger partial charge in [0.15, 0.2) is 0 Å². The van der Waals surface area contributed by atoms with E-state index >= 15 is 0 Å². The summed E-state index contributed by atoms with van der Waals surface area (Å²) in [6.45, 7) is 4.23. The minimum Gasteiger partial charge on any atom is -0.398 e. The van der Waals surface area contributed by atoms with Gasteiger partial charge in [0.2, 0.25) is 0 Å². The van der Waals surface area contributed by atoms with E-state index in [0.29, 0.717) is 12.2 Å². The van der Waals surface area contributed by atoms with Crippen LogP contribution in [0.3, 0.4) is 0 Å². The van der Waals surface area contributed by atoms with Crippen LogP contribution in [-0.4, -0.2) is 4.57 Å². The van der Waals surface area contributed by atoms with Gasteiger partial charge in [-0.3, -0.25) is 4.79 Å². The van der Waals surface area contributed by atoms with Gasteiger partial charge >= 0.3 is 0 Å². The summed E-state index contributed by atoms with van der Waals surface area (Å²) in [5.41, 5.74) is 6.10. The Kier molecular flexibility index (Phi) is 2.69. The Hall–Kier alpha value is -1.51. The summed E-state index contributed by atoms with van der Waals surface area (Å²) in [5, 5.41) is 0. The molecule has 0 fully saturated rings. The van der Waals surface area contributed by atoms with Crippen molar-refractivity contribution in [1.29, 1.82) is 0 Å². The van der Waals surface area contributed by atoms with Crippen LogP contribution in [0.5, 0.6) is 0 Å². The number of hydrogen-bond acceptors (Lipinski definition) is 2. The number of nitrogens with zero attached hydrogens (tertiary/aromatic N) is 1. The van der Waals surface area contributed by atoms with Gasteiger partial charge in [-0.2, -0.15) is 0 Å². The van der Waals surface area contributed by atoms with Gasteiger partial charge in [0.1, 0.15) is 0 Å². The molecule has 12 heavy (non-hydrogen) atoms. The van der Waals surface area contributed by atoms with Crippen LogP contribution in [0.25, 0.3) is 0 Å². The Balaban J connectivity index is 2.89. The van der Waals surface area contributed by atoms with Crippen LogP contribution in [0.15, 0.2) is 35.8 Å². The van der Waals surface area contributed by atoms with Gasteiger partial charge in [-0.1, -0.05) is 6.08 Å². The molecular weight excluding hydrogens is 152 g/mol. The first kappa shape index (κ1) is 8.59. The van der Waals surface area contributed by atoms with Gasteiger partial charge in [0, 0.05) is 24.5 Å². The van der Waals surface area contributed by atoms with Crippen LogP contribution in [0, 0.1) is 0 Å². The highest BCUT2D eigenvalue weighted by atomic mass is 16.1. The minimum atomic E-state index is -0.0222. The quantitative estimate of drug-likeness (QED) is 0.678. The minimum absolute atomic E-state index is 0.0222. The van der Waals surface area contributed by atoms with Crippen molar-refractivity contribution < 1.29 is 0 Å². The molecule has 1 aromatic rings. The van der Waals surface area contributed by atoms with E-state index in [1.165, 1.54) is 6.07 Å². The van der Waals surface area contributed by atoms with Crippen molar-refractivity contribution in [1.82, 2.24) is 4.57 Å². The molecule has 0 aliphatic rings. The zero-order valence-electron chi connectivity index (χ0n) is 6.86. The Morgan fingerprint density at radius 2 is 2.33 bits per heavy atom. The summed E-state index contributed by atoms with van der Waals surface area (Å²) in [5.74, 6) is 0. The molecule has 1 aromatic heterocycles. The normalized spacial score (nSPS) is 9.67. The maximum atomic E-state index is 11.2. The number of allylic oxidation sites excluding steroid dienone is 1. The lowest BCUT2D eigenvalue weighted by atomic mass is 10.3. The smallest absolute Gasteiger partial charge is 0.250 e. The molecule has 0 atom stereocenters. The second-order valence-corrected chi connectivity index (χ2v) is 2.57. The summed E-state index contributed by atoms with van der Waals surface area (Å²) in [6, 6.07) is 3.07. The number of rotatable bonds is 3. The van der Waals surface area contributed by atoms with Gasteiger partial charge < -0.3 is 10.3 Å². The molecule has 0 amide bonds. The largest absolute Gasteiger partial charge is 0.398 e. The SMILES string of the molecule is C=CCCn1cc(N)ccc1=O. The number of hydrogen-bond donors (Lipinski definition) is 1. The molecule has 3 nitrogen and oxygen atoms in total. The third kappa shape index (κ3) is 1.99. The molecule has 2 N–H and O–H groups in total. The second-order valence-electron chi connectivity index (χ2n) is 2.57. The van der Waals surface area contributed by atoms with E-state index in [1.807, 2.05) is 0 Å². The predicted molar refractivity (Wildman–Crippen MR) is 49.9 cm³/mol. The summed E-state index contributed by atoms with van der Waals surface area (Å²) in [4.78, 5) is 11.2. The molecule has 0 radical (unpaired) electrons. The molecule has 0 saturated heterocycles. The van der Waals surface area contributed by atoms with Crippen LogP contribution >= 0.6 is 0 Å². The zero-order chi connectivity index (χ0) is 8.97. The maximum absolute atomic E-state index is 11.2. The molecule has 1 rings (SSSR count). The topological polar surface area (TPSA) is 48.0 Å². The Bertz CT molecular complexity index is 328. The molecule has 0 aromatic carbocycles. The number of nitrogens with two attached hydrogens (primary N) is 1. The van der Waals surface area contributed by atoms with Crippen molar-refractivity contribution in [3.05, 3.63) is 41.3 Å². The number of aromatic nitrogens is 1. The Morgan fingerprint density at radius 3 is 3.00 bits per heavy atom. The first-order chi connectivity index (χ1) is 5.74. The molecule has 0 unspecified atom stereocenters. The fraction of sp³-hybridized carbons (Fsp3) is 0.222. The van der Waals surface area contributed by atoms with Crippen LogP contribution in [0.1, 0.15) is 6.42 Å². The van der Waals surface area contributed by atoms with Gasteiger partial charge in [-0.05, 0) is 12.5 Å². The highest BCUT2D eigenvalue weighted by Gasteiger charge is 1.93. The van der Waals surface area contributed by atoms with E-state index in [4.69, 9.17) is 5.73 Å². The van der Waals surface area contributed by atoms with Crippen LogP contribution in [-0.2, 0) is 6.54 Å². The highest BCUT2D eigenvalue weighted by Crippen LogP contribution is 1.96. The van der Waals surface area contributed by atoms with E-state index in [1.54, 1.807) is 22.9 Å². The van der Waals surface area contributed by atoms with E-state index in [0.717, 1.165) is 6.42 Å². The number of pyridine rings is 1. The van der Waals surface area contributed by atoms with E-state index < -0.39 is 0 Å². The average molecular weight is 164 g/mol. The summed E-state index contributed by atoms with van der Waals surface area (Å²) < 4.78 is 1.58. The lowest BCUT2D eigenvalue weighted by Gasteiger charge is -2.02. The monoisotopic (exact) mass is 164 g/mol. The standard InChI is InChI=1S/C9H12N2O/c1-2-3-6-11-7-8(10)4-5-9(11)12/h2,4-5,7H,1,3,6,10H2. The fourth-order valence-electron chi connectivity index (χ4n) is 0.955. The number of anilines is 1. The first-order valence-corrected chi connectivity index (χ1v) is 3.81. The number of aryl methyl sites for hydroxylation is 1. The van der Waals surface area contributed by atoms with Crippen LogP contribution < -0.4 is 11.3 Å². The average Bonchev–Trinajstić information content (AvgIpc) is 2.07. The fourth-order valence-corrected chi connectivity index (χ4v) is 0.955. The lowest BCUT2D eigenvalue weighted by Crippen LogP contribution is -2.18. The molecule has 0 saturated carbocycles. The van der Waals surface area contributed by atoms with Gasteiger partial charge in [0.05, 0.1) is 0 Å². The van der Waals surface area contributed by atoms with E-state index in [-0.39, 0.29) is 5.56 Å². The molecule has 3 heteroatoms. The van der Waals surface area contributed by atoms with E-state index in [9.17, 15) is 4.79 Å². The summed E-state index contributed by atoms with van der Waals surface area (Å²) >= 11 is 0. The van der Waals surface area contributed by atoms with Gasteiger partial charge in [-0.15, -0.1) is 6.58 Å². The molecule has 0 aliphatic heterocycles. The van der Waals surface area contributed by atoms with Crippen molar-refractivity contribution in [2.75, 3.05) is 5.73 Å². The van der Waals surface area contributed by atoms with Crippen molar-refractivity contribution in [2.24, 2.45) is 0 Å². The Labute approximate surface area is 71.1 Å². The summed E-state index contributed by atoms with van der Waals surface area (Å²) in [7, 11) is 0. The molecule has 64 valence electrons. The molecule has 1 heterocycles. The zero-order valence-corrected chi connectivity index (χ0v) is 6.86. The van der Waals surface area contributed by atoms with Crippen LogP contribution in [0.4, 0.5) is 5.69 Å². The van der Waals surface area contributed by atoms with Gasteiger partial charge in [-0.25, -0.2) is 0 Å². The first-order valence-electron chi connectivity index (χ1n) is 3.81. The van der Waals surface area contributed by atoms with Crippen molar-refractivity contribution >= 4 is 5.69 Å². The summed E-state index contributed by atoms with van der Waals surface area (Å²) in [6.07, 6.45) is 4.20. The Morgan fingerprint density at radius 1 is 1.58 bits per heavy atom. The van der Waals surface area contributed by atoms with Crippen molar-refractivity contribution in [3.8, 4) is 0 Å². The predicted octanol–water partition coefficient (Wildman–Crippen LogP) is 1.01. The maximum Gasteiger partial charge on any atom is 0.250 e. The third-order valence-corrected chi connectivity index (χ3v) is 1.58. The van der Waals surface area contributed by atoms with Crippen LogP contribution in [0.2, 0.25) is 0 Å². The highest BCUT2D eigenvalue weighted by molar-refractivity contribution is 5.33. The lowest BCUT2D eigenvalue weighted by molar-refractivity contribution is 0.683. The molecular formula is C9H12N2O. The number of nitrogen functional groups attached to an aromatic ring is 1. The van der Waals surface area contributed by atoms with Gasteiger partial charge in [0.25, 0.3) is 5.56 Å². The third-order valence-electron chi connectivity index (χ3n) is 1.58. The van der Waals surface area contributed by atoms with E-state index in [2.05, 4.69) is 6.58 Å². The second kappa shape index (κ2) is 3.76. The molecule has 0 bridgehead atoms. The van der Waals surface area contributed by atoms with Crippen molar-refractivity contribution in [3.63, 3.8) is 0 Å².